The minimum absolute atomic E-state index is 0.186. The molecule has 0 saturated carbocycles. The van der Waals surface area contributed by atoms with Crippen LogP contribution in [-0.2, 0) is 9.53 Å². The molecule has 0 aliphatic carbocycles. The van der Waals surface area contributed by atoms with Gasteiger partial charge in [-0.1, -0.05) is 0 Å². The SMILES string of the molecule is NC1CCCN(C(=O)CC2COC2)C1. The second-order valence-electron chi connectivity index (χ2n) is 4.35. The van der Waals surface area contributed by atoms with E-state index in [2.05, 4.69) is 0 Å². The lowest BCUT2D eigenvalue weighted by Gasteiger charge is -2.33. The van der Waals surface area contributed by atoms with Crippen molar-refractivity contribution in [3.63, 3.8) is 0 Å². The van der Waals surface area contributed by atoms with Gasteiger partial charge >= 0.3 is 0 Å². The molecular weight excluding hydrogens is 180 g/mol. The smallest absolute Gasteiger partial charge is 0.223 e. The topological polar surface area (TPSA) is 55.6 Å². The molecule has 0 aromatic carbocycles. The summed E-state index contributed by atoms with van der Waals surface area (Å²) in [5, 5.41) is 0. The number of hydrogen-bond donors (Lipinski definition) is 1. The van der Waals surface area contributed by atoms with Crippen molar-refractivity contribution in [3.05, 3.63) is 0 Å². The molecule has 2 aliphatic heterocycles. The summed E-state index contributed by atoms with van der Waals surface area (Å²) in [7, 11) is 0. The van der Waals surface area contributed by atoms with Crippen LogP contribution in [0.4, 0.5) is 0 Å². The molecule has 2 rings (SSSR count). The average Bonchev–Trinajstić information content (AvgIpc) is 2.11. The summed E-state index contributed by atoms with van der Waals surface area (Å²) in [6.07, 6.45) is 2.75. The van der Waals surface area contributed by atoms with E-state index in [4.69, 9.17) is 10.5 Å². The summed E-state index contributed by atoms with van der Waals surface area (Å²) in [6.45, 7) is 3.14. The van der Waals surface area contributed by atoms with Crippen LogP contribution in [-0.4, -0.2) is 43.2 Å². The van der Waals surface area contributed by atoms with Gasteiger partial charge in [0.25, 0.3) is 0 Å². The lowest BCUT2D eigenvalue weighted by molar-refractivity contribution is -0.137. The molecule has 0 spiro atoms. The van der Waals surface area contributed by atoms with Gasteiger partial charge < -0.3 is 15.4 Å². The average molecular weight is 198 g/mol. The minimum atomic E-state index is 0.186. The van der Waals surface area contributed by atoms with E-state index in [-0.39, 0.29) is 11.9 Å². The Labute approximate surface area is 84.4 Å². The van der Waals surface area contributed by atoms with Crippen LogP contribution in [0, 0.1) is 5.92 Å². The van der Waals surface area contributed by atoms with E-state index in [9.17, 15) is 4.79 Å². The first-order valence-corrected chi connectivity index (χ1v) is 5.37. The molecule has 2 heterocycles. The second-order valence-corrected chi connectivity index (χ2v) is 4.35. The second kappa shape index (κ2) is 4.28. The molecule has 2 saturated heterocycles. The first-order chi connectivity index (χ1) is 6.75. The van der Waals surface area contributed by atoms with Crippen molar-refractivity contribution < 1.29 is 9.53 Å². The molecule has 0 bridgehead atoms. The number of carbonyl (C=O) groups excluding carboxylic acids is 1. The summed E-state index contributed by atoms with van der Waals surface area (Å²) < 4.78 is 5.05. The van der Waals surface area contributed by atoms with Gasteiger partial charge in [0.1, 0.15) is 0 Å². The van der Waals surface area contributed by atoms with Gasteiger partial charge in [-0.2, -0.15) is 0 Å². The van der Waals surface area contributed by atoms with Crippen LogP contribution in [0.15, 0.2) is 0 Å². The number of hydrogen-bond acceptors (Lipinski definition) is 3. The Bertz CT molecular complexity index is 216. The molecule has 2 fully saturated rings. The quantitative estimate of drug-likeness (QED) is 0.678. The van der Waals surface area contributed by atoms with E-state index in [1.807, 2.05) is 4.90 Å². The predicted molar refractivity (Wildman–Crippen MR) is 52.7 cm³/mol. The van der Waals surface area contributed by atoms with Crippen molar-refractivity contribution in [2.75, 3.05) is 26.3 Å². The van der Waals surface area contributed by atoms with Crippen LogP contribution < -0.4 is 5.73 Å². The molecule has 4 heteroatoms. The molecule has 1 unspecified atom stereocenters. The Morgan fingerprint density at radius 3 is 2.86 bits per heavy atom. The lowest BCUT2D eigenvalue weighted by atomic mass is 10.0. The maximum Gasteiger partial charge on any atom is 0.223 e. The number of nitrogens with zero attached hydrogens (tertiary/aromatic N) is 1. The van der Waals surface area contributed by atoms with Crippen molar-refractivity contribution in [1.29, 1.82) is 0 Å². The highest BCUT2D eigenvalue weighted by molar-refractivity contribution is 5.76. The van der Waals surface area contributed by atoms with Gasteiger partial charge in [-0.3, -0.25) is 4.79 Å². The van der Waals surface area contributed by atoms with Gasteiger partial charge in [0.2, 0.25) is 5.91 Å². The zero-order valence-electron chi connectivity index (χ0n) is 8.45. The molecule has 1 amide bonds. The Hall–Kier alpha value is -0.610. The van der Waals surface area contributed by atoms with Gasteiger partial charge in [0, 0.05) is 31.5 Å². The van der Waals surface area contributed by atoms with Crippen molar-refractivity contribution >= 4 is 5.91 Å². The molecule has 1 atom stereocenters. The molecule has 0 radical (unpaired) electrons. The maximum atomic E-state index is 11.8. The Morgan fingerprint density at radius 2 is 2.29 bits per heavy atom. The number of rotatable bonds is 2. The molecule has 80 valence electrons. The molecule has 2 N–H and O–H groups in total. The molecule has 0 aromatic heterocycles. The summed E-state index contributed by atoms with van der Waals surface area (Å²) in [5.41, 5.74) is 5.82. The first kappa shape index (κ1) is 9.93. The maximum absolute atomic E-state index is 11.8. The van der Waals surface area contributed by atoms with E-state index in [0.717, 1.165) is 39.1 Å². The number of likely N-dealkylation sites (tertiary alicyclic amines) is 1. The van der Waals surface area contributed by atoms with Crippen LogP contribution in [0.25, 0.3) is 0 Å². The Morgan fingerprint density at radius 1 is 1.50 bits per heavy atom. The summed E-state index contributed by atoms with van der Waals surface area (Å²) >= 11 is 0. The molecule has 14 heavy (non-hydrogen) atoms. The van der Waals surface area contributed by atoms with Gasteiger partial charge in [0.15, 0.2) is 0 Å². The fourth-order valence-corrected chi connectivity index (χ4v) is 2.01. The summed E-state index contributed by atoms with van der Waals surface area (Å²) in [4.78, 5) is 13.7. The van der Waals surface area contributed by atoms with E-state index in [1.54, 1.807) is 0 Å². The summed E-state index contributed by atoms with van der Waals surface area (Å²) in [6, 6.07) is 0.186. The first-order valence-electron chi connectivity index (χ1n) is 5.37. The lowest BCUT2D eigenvalue weighted by Crippen LogP contribution is -2.47. The fourth-order valence-electron chi connectivity index (χ4n) is 2.01. The van der Waals surface area contributed by atoms with Crippen molar-refractivity contribution in [1.82, 2.24) is 4.90 Å². The summed E-state index contributed by atoms with van der Waals surface area (Å²) in [5.74, 6) is 0.717. The number of piperidine rings is 1. The highest BCUT2D eigenvalue weighted by Crippen LogP contribution is 2.17. The Kier molecular flexibility index (Phi) is 3.03. The van der Waals surface area contributed by atoms with Crippen LogP contribution >= 0.6 is 0 Å². The normalized spacial score (nSPS) is 28.6. The van der Waals surface area contributed by atoms with Gasteiger partial charge in [0.05, 0.1) is 13.2 Å². The van der Waals surface area contributed by atoms with Crippen molar-refractivity contribution in [2.45, 2.75) is 25.3 Å². The number of amides is 1. The van der Waals surface area contributed by atoms with E-state index < -0.39 is 0 Å². The Balaban J connectivity index is 1.77. The molecule has 0 aromatic rings. The van der Waals surface area contributed by atoms with Crippen LogP contribution in [0.3, 0.4) is 0 Å². The van der Waals surface area contributed by atoms with E-state index >= 15 is 0 Å². The highest BCUT2D eigenvalue weighted by atomic mass is 16.5. The van der Waals surface area contributed by atoms with Crippen molar-refractivity contribution in [3.8, 4) is 0 Å². The predicted octanol–water partition coefficient (Wildman–Crippen LogP) is -0.0274. The van der Waals surface area contributed by atoms with Crippen molar-refractivity contribution in [2.24, 2.45) is 11.7 Å². The molecular formula is C10H18N2O2. The van der Waals surface area contributed by atoms with E-state index in [0.29, 0.717) is 12.3 Å². The fraction of sp³-hybridized carbons (Fsp3) is 0.900. The highest BCUT2D eigenvalue weighted by Gasteiger charge is 2.26. The van der Waals surface area contributed by atoms with E-state index in [1.165, 1.54) is 0 Å². The largest absolute Gasteiger partial charge is 0.381 e. The number of ether oxygens (including phenoxy) is 1. The standard InChI is InChI=1S/C10H18N2O2/c11-9-2-1-3-12(5-9)10(13)4-8-6-14-7-8/h8-9H,1-7,11H2. The van der Waals surface area contributed by atoms with Gasteiger partial charge in [-0.15, -0.1) is 0 Å². The third-order valence-electron chi connectivity index (χ3n) is 2.98. The number of carbonyl (C=O) groups is 1. The molecule has 2 aliphatic rings. The van der Waals surface area contributed by atoms with Crippen LogP contribution in [0.1, 0.15) is 19.3 Å². The zero-order valence-corrected chi connectivity index (χ0v) is 8.45. The minimum Gasteiger partial charge on any atom is -0.381 e. The monoisotopic (exact) mass is 198 g/mol. The van der Waals surface area contributed by atoms with Crippen LogP contribution in [0.2, 0.25) is 0 Å². The zero-order chi connectivity index (χ0) is 9.97. The van der Waals surface area contributed by atoms with Gasteiger partial charge in [-0.25, -0.2) is 0 Å². The van der Waals surface area contributed by atoms with Gasteiger partial charge in [-0.05, 0) is 12.8 Å². The van der Waals surface area contributed by atoms with Crippen LogP contribution in [0.5, 0.6) is 0 Å². The third-order valence-corrected chi connectivity index (χ3v) is 2.98. The molecule has 4 nitrogen and oxygen atoms in total. The third kappa shape index (κ3) is 2.25. The number of nitrogens with two attached hydrogens (primary N) is 1.